The molecule has 3 rings (SSSR count). The molecule has 1 N–H and O–H groups in total. The summed E-state index contributed by atoms with van der Waals surface area (Å²) >= 11 is 1.80. The van der Waals surface area contributed by atoms with Gasteiger partial charge in [-0.2, -0.15) is 0 Å². The Labute approximate surface area is 131 Å². The molecular weight excluding hydrogens is 280 g/mol. The molecule has 2 fully saturated rings. The molecular formula is C17H26N2OS. The summed E-state index contributed by atoms with van der Waals surface area (Å²) in [5, 5.41) is 3.50. The van der Waals surface area contributed by atoms with Crippen molar-refractivity contribution in [2.45, 2.75) is 65.2 Å². The second-order valence-corrected chi connectivity index (χ2v) is 8.38. The molecule has 1 aliphatic carbocycles. The molecule has 1 amide bonds. The Morgan fingerprint density at radius 2 is 1.81 bits per heavy atom. The third-order valence-corrected chi connectivity index (χ3v) is 5.94. The maximum Gasteiger partial charge on any atom is 0.241 e. The van der Waals surface area contributed by atoms with Gasteiger partial charge in [0.2, 0.25) is 5.91 Å². The number of thiophene rings is 1. The Bertz CT molecular complexity index is 517. The summed E-state index contributed by atoms with van der Waals surface area (Å²) < 4.78 is 0. The highest BCUT2D eigenvalue weighted by atomic mass is 32.1. The first kappa shape index (κ1) is 15.0. The lowest BCUT2D eigenvalue weighted by Gasteiger charge is -2.39. The summed E-state index contributed by atoms with van der Waals surface area (Å²) in [5.74, 6) is 1.71. The van der Waals surface area contributed by atoms with Crippen LogP contribution in [0.1, 0.15) is 56.0 Å². The van der Waals surface area contributed by atoms with Gasteiger partial charge in [0.1, 0.15) is 6.17 Å². The molecule has 1 saturated carbocycles. The SMILES string of the molecule is Cc1ccc(C2NC(C)C(=O)N2C2CC(C)CC(C)C2)s1. The van der Waals surface area contributed by atoms with Gasteiger partial charge in [-0.05, 0) is 57.1 Å². The van der Waals surface area contributed by atoms with Gasteiger partial charge in [-0.3, -0.25) is 10.1 Å². The van der Waals surface area contributed by atoms with E-state index in [9.17, 15) is 4.79 Å². The summed E-state index contributed by atoms with van der Waals surface area (Å²) in [6, 6.07) is 4.65. The van der Waals surface area contributed by atoms with Gasteiger partial charge < -0.3 is 4.90 Å². The van der Waals surface area contributed by atoms with Crippen molar-refractivity contribution in [2.75, 3.05) is 0 Å². The summed E-state index contributed by atoms with van der Waals surface area (Å²) in [4.78, 5) is 17.4. The molecule has 2 aliphatic rings. The fourth-order valence-corrected chi connectivity index (χ4v) is 5.02. The third kappa shape index (κ3) is 2.88. The number of nitrogens with zero attached hydrogens (tertiary/aromatic N) is 1. The average Bonchev–Trinajstić information content (AvgIpc) is 2.94. The van der Waals surface area contributed by atoms with Crippen LogP contribution in [0.5, 0.6) is 0 Å². The number of hydrogen-bond acceptors (Lipinski definition) is 3. The quantitative estimate of drug-likeness (QED) is 0.903. The number of nitrogens with one attached hydrogen (secondary N) is 1. The number of carbonyl (C=O) groups is 1. The van der Waals surface area contributed by atoms with Crippen LogP contribution in [0.15, 0.2) is 12.1 Å². The van der Waals surface area contributed by atoms with Gasteiger partial charge in [0.15, 0.2) is 0 Å². The van der Waals surface area contributed by atoms with Gasteiger partial charge in [0.25, 0.3) is 0 Å². The molecule has 3 nitrogen and oxygen atoms in total. The first-order valence-electron chi connectivity index (χ1n) is 8.10. The first-order chi connectivity index (χ1) is 9.95. The zero-order chi connectivity index (χ0) is 15.1. The van der Waals surface area contributed by atoms with Gasteiger partial charge in [-0.25, -0.2) is 0 Å². The van der Waals surface area contributed by atoms with E-state index in [0.29, 0.717) is 17.9 Å². The molecule has 1 aromatic rings. The van der Waals surface area contributed by atoms with Crippen molar-refractivity contribution in [1.29, 1.82) is 0 Å². The fraction of sp³-hybridized carbons (Fsp3) is 0.706. The largest absolute Gasteiger partial charge is 0.318 e. The fourth-order valence-electron chi connectivity index (χ4n) is 4.08. The predicted octanol–water partition coefficient (Wildman–Crippen LogP) is 3.70. The average molecular weight is 306 g/mol. The maximum absolute atomic E-state index is 12.7. The minimum Gasteiger partial charge on any atom is -0.318 e. The van der Waals surface area contributed by atoms with E-state index < -0.39 is 0 Å². The molecule has 4 heteroatoms. The van der Waals surface area contributed by atoms with Crippen LogP contribution in [-0.4, -0.2) is 22.9 Å². The molecule has 2 heterocycles. The molecule has 116 valence electrons. The molecule has 4 atom stereocenters. The first-order valence-corrected chi connectivity index (χ1v) is 8.92. The van der Waals surface area contributed by atoms with Gasteiger partial charge in [-0.15, -0.1) is 11.3 Å². The summed E-state index contributed by atoms with van der Waals surface area (Å²) in [6.45, 7) is 8.77. The van der Waals surface area contributed by atoms with Crippen molar-refractivity contribution in [1.82, 2.24) is 10.2 Å². The third-order valence-electron chi connectivity index (χ3n) is 4.89. The molecule has 4 unspecified atom stereocenters. The second kappa shape index (κ2) is 5.73. The predicted molar refractivity (Wildman–Crippen MR) is 87.2 cm³/mol. The molecule has 0 radical (unpaired) electrons. The number of aryl methyl sites for hydroxylation is 1. The number of rotatable bonds is 2. The minimum atomic E-state index is -0.0649. The number of hydrogen-bond donors (Lipinski definition) is 1. The highest BCUT2D eigenvalue weighted by Gasteiger charge is 2.43. The standard InChI is InChI=1S/C17H26N2OS/c1-10-7-11(2)9-14(8-10)19-16(18-13(4)17(19)20)15-6-5-12(3)21-15/h5-6,10-11,13-14,16,18H,7-9H2,1-4H3. The molecule has 0 bridgehead atoms. The van der Waals surface area contributed by atoms with Crippen LogP contribution in [0.25, 0.3) is 0 Å². The van der Waals surface area contributed by atoms with E-state index in [1.807, 2.05) is 6.92 Å². The summed E-state index contributed by atoms with van der Waals surface area (Å²) in [7, 11) is 0. The van der Waals surface area contributed by atoms with Crippen molar-refractivity contribution in [3.8, 4) is 0 Å². The smallest absolute Gasteiger partial charge is 0.241 e. The Morgan fingerprint density at radius 1 is 1.14 bits per heavy atom. The topological polar surface area (TPSA) is 32.3 Å². The van der Waals surface area contributed by atoms with Crippen LogP contribution in [0.2, 0.25) is 0 Å². The second-order valence-electron chi connectivity index (χ2n) is 7.06. The van der Waals surface area contributed by atoms with Crippen LogP contribution in [0.3, 0.4) is 0 Å². The highest BCUT2D eigenvalue weighted by molar-refractivity contribution is 7.12. The molecule has 0 spiro atoms. The van der Waals surface area contributed by atoms with Crippen LogP contribution >= 0.6 is 11.3 Å². The Hall–Kier alpha value is -0.870. The lowest BCUT2D eigenvalue weighted by Crippen LogP contribution is -2.43. The summed E-state index contributed by atoms with van der Waals surface area (Å²) in [6.07, 6.45) is 3.66. The van der Waals surface area contributed by atoms with E-state index in [2.05, 4.69) is 43.1 Å². The molecule has 0 aromatic carbocycles. The van der Waals surface area contributed by atoms with Gasteiger partial charge in [-0.1, -0.05) is 13.8 Å². The van der Waals surface area contributed by atoms with E-state index in [4.69, 9.17) is 0 Å². The molecule has 21 heavy (non-hydrogen) atoms. The molecule has 1 aliphatic heterocycles. The zero-order valence-corrected chi connectivity index (χ0v) is 14.2. The lowest BCUT2D eigenvalue weighted by molar-refractivity contribution is -0.133. The van der Waals surface area contributed by atoms with E-state index in [0.717, 1.165) is 12.8 Å². The maximum atomic E-state index is 12.7. The number of amides is 1. The van der Waals surface area contributed by atoms with Crippen molar-refractivity contribution >= 4 is 17.2 Å². The van der Waals surface area contributed by atoms with Crippen LogP contribution in [0.4, 0.5) is 0 Å². The van der Waals surface area contributed by atoms with Gasteiger partial charge in [0, 0.05) is 15.8 Å². The normalized spacial score (nSPS) is 37.2. The van der Waals surface area contributed by atoms with E-state index in [-0.39, 0.29) is 18.1 Å². The van der Waals surface area contributed by atoms with Crippen molar-refractivity contribution in [3.63, 3.8) is 0 Å². The summed E-state index contributed by atoms with van der Waals surface area (Å²) in [5.41, 5.74) is 0. The number of carbonyl (C=O) groups excluding carboxylic acids is 1. The van der Waals surface area contributed by atoms with Crippen LogP contribution in [0, 0.1) is 18.8 Å². The van der Waals surface area contributed by atoms with Crippen LogP contribution in [-0.2, 0) is 4.79 Å². The lowest BCUT2D eigenvalue weighted by atomic mass is 9.79. The minimum absolute atomic E-state index is 0.0649. The van der Waals surface area contributed by atoms with Gasteiger partial charge in [0.05, 0.1) is 6.04 Å². The molecule has 1 aromatic heterocycles. The van der Waals surface area contributed by atoms with Gasteiger partial charge >= 0.3 is 0 Å². The van der Waals surface area contributed by atoms with Crippen molar-refractivity contribution < 1.29 is 4.79 Å². The van der Waals surface area contributed by atoms with Crippen molar-refractivity contribution in [2.24, 2.45) is 11.8 Å². The zero-order valence-electron chi connectivity index (χ0n) is 13.4. The molecule has 1 saturated heterocycles. The highest BCUT2D eigenvalue weighted by Crippen LogP contribution is 2.38. The van der Waals surface area contributed by atoms with E-state index in [1.54, 1.807) is 11.3 Å². The van der Waals surface area contributed by atoms with Crippen LogP contribution < -0.4 is 5.32 Å². The Morgan fingerprint density at radius 3 is 2.38 bits per heavy atom. The van der Waals surface area contributed by atoms with Crippen molar-refractivity contribution in [3.05, 3.63) is 21.9 Å². The Balaban J connectivity index is 1.87. The Kier molecular flexibility index (Phi) is 4.10. The van der Waals surface area contributed by atoms with E-state index >= 15 is 0 Å². The monoisotopic (exact) mass is 306 g/mol. The van der Waals surface area contributed by atoms with E-state index in [1.165, 1.54) is 16.2 Å².